The van der Waals surface area contributed by atoms with E-state index in [1.807, 2.05) is 0 Å². The van der Waals surface area contributed by atoms with Crippen LogP contribution >= 0.6 is 23.0 Å². The third-order valence-electron chi connectivity index (χ3n) is 0.234. The first kappa shape index (κ1) is 7.47. The topological polar surface area (TPSA) is 72.8 Å². The molecule has 0 aromatic heterocycles. The molecule has 0 bridgehead atoms. The van der Waals surface area contributed by atoms with Crippen molar-refractivity contribution in [2.45, 2.75) is 0 Å². The third-order valence-corrected chi connectivity index (χ3v) is 0.593. The minimum absolute atomic E-state index is 1.21. The highest BCUT2D eigenvalue weighted by molar-refractivity contribution is 14.1. The molecule has 0 fully saturated rings. The molecule has 0 aromatic rings. The van der Waals surface area contributed by atoms with Crippen molar-refractivity contribution in [2.24, 2.45) is 0 Å². The number of rotatable bonds is 0. The van der Waals surface area contributed by atoms with E-state index < -0.39 is 12.3 Å². The molecule has 0 aromatic carbocycles. The summed E-state index contributed by atoms with van der Waals surface area (Å²) >= 11 is 1.21. The lowest BCUT2D eigenvalue weighted by molar-refractivity contribution is 0.0928. The van der Waals surface area contributed by atoms with Crippen LogP contribution in [0, 0.1) is 0 Å². The number of carbonyl (C=O) groups is 2. The van der Waals surface area contributed by atoms with Gasteiger partial charge in [0.2, 0.25) is 0 Å². The second-order valence-electron chi connectivity index (χ2n) is 0.695. The van der Waals surface area contributed by atoms with E-state index in [1.54, 1.807) is 0 Å². The fourth-order valence-electron chi connectivity index (χ4n) is 0.0870. The first-order valence-corrected chi connectivity index (χ1v) is 2.28. The van der Waals surface area contributed by atoms with Gasteiger partial charge < -0.3 is 12.9 Å². The maximum absolute atomic E-state index is 9.79. The van der Waals surface area contributed by atoms with Gasteiger partial charge in [0, 0.05) is 0 Å². The molecule has 0 radical (unpaired) electrons. The predicted molar refractivity (Wildman–Crippen MR) is 29.6 cm³/mol. The van der Waals surface area contributed by atoms with Crippen LogP contribution in [0.3, 0.4) is 0 Å². The van der Waals surface area contributed by atoms with Crippen LogP contribution in [0.15, 0.2) is 0 Å². The summed E-state index contributed by atoms with van der Waals surface area (Å²) in [4.78, 5) is 19.2. The lowest BCUT2D eigenvalue weighted by Gasteiger charge is -1.89. The van der Waals surface area contributed by atoms with E-state index in [0.717, 1.165) is 0 Å². The van der Waals surface area contributed by atoms with Crippen LogP contribution in [0.2, 0.25) is 0 Å². The molecular formula is C2HIO5. The molecule has 5 nitrogen and oxygen atoms in total. The number of carboxylic acid groups (broad SMARTS) is 1. The van der Waals surface area contributed by atoms with E-state index >= 15 is 0 Å². The second-order valence-corrected chi connectivity index (χ2v) is 1.14. The fraction of sp³-hybridized carbons (Fsp3) is 0. The number of halogens is 1. The molecule has 0 rings (SSSR count). The van der Waals surface area contributed by atoms with Gasteiger partial charge in [0.1, 0.15) is 0 Å². The summed E-state index contributed by atoms with van der Waals surface area (Å²) in [5.41, 5.74) is 0. The van der Waals surface area contributed by atoms with Crippen LogP contribution in [0.4, 0.5) is 9.59 Å². The van der Waals surface area contributed by atoms with Crippen molar-refractivity contribution in [2.75, 3.05) is 0 Å². The Bertz CT molecular complexity index is 109. The molecule has 8 heavy (non-hydrogen) atoms. The molecule has 0 saturated heterocycles. The van der Waals surface area contributed by atoms with Crippen LogP contribution < -0.4 is 0 Å². The number of hydrogen-bond donors (Lipinski definition) is 1. The Kier molecular flexibility index (Phi) is 3.24. The molecule has 0 heterocycles. The van der Waals surface area contributed by atoms with Gasteiger partial charge in [0.25, 0.3) is 0 Å². The highest BCUT2D eigenvalue weighted by atomic mass is 127. The van der Waals surface area contributed by atoms with Crippen molar-refractivity contribution in [3.8, 4) is 0 Å². The van der Waals surface area contributed by atoms with Crippen molar-refractivity contribution in [1.82, 2.24) is 0 Å². The van der Waals surface area contributed by atoms with Gasteiger partial charge in [-0.05, 0) is 0 Å². The molecule has 0 aliphatic rings. The third kappa shape index (κ3) is 3.65. The van der Waals surface area contributed by atoms with Crippen molar-refractivity contribution in [1.29, 1.82) is 0 Å². The molecule has 0 aliphatic heterocycles. The van der Waals surface area contributed by atoms with E-state index in [-0.39, 0.29) is 0 Å². The van der Waals surface area contributed by atoms with Crippen LogP contribution in [0.1, 0.15) is 0 Å². The molecule has 0 aliphatic carbocycles. The molecular weight excluding hydrogens is 231 g/mol. The minimum atomic E-state index is -1.67. The molecule has 0 saturated carbocycles. The van der Waals surface area contributed by atoms with Crippen LogP contribution in [0.5, 0.6) is 0 Å². The van der Waals surface area contributed by atoms with E-state index in [1.165, 1.54) is 23.0 Å². The van der Waals surface area contributed by atoms with Gasteiger partial charge >= 0.3 is 12.3 Å². The van der Waals surface area contributed by atoms with Gasteiger partial charge in [-0.1, -0.05) is 0 Å². The summed E-state index contributed by atoms with van der Waals surface area (Å²) in [6.45, 7) is 0. The molecule has 0 unspecified atom stereocenters. The Balaban J connectivity index is 3.40. The Morgan fingerprint density at radius 3 is 2.12 bits per heavy atom. The van der Waals surface area contributed by atoms with Gasteiger partial charge in [0.05, 0.1) is 0 Å². The van der Waals surface area contributed by atoms with Crippen molar-refractivity contribution < 1.29 is 22.5 Å². The summed E-state index contributed by atoms with van der Waals surface area (Å²) in [5, 5.41) is 7.69. The van der Waals surface area contributed by atoms with Crippen LogP contribution in [0.25, 0.3) is 0 Å². The highest BCUT2D eigenvalue weighted by Crippen LogP contribution is 1.90. The van der Waals surface area contributed by atoms with E-state index in [2.05, 4.69) is 7.80 Å². The quantitative estimate of drug-likeness (QED) is 0.385. The van der Waals surface area contributed by atoms with Gasteiger partial charge in [-0.3, -0.25) is 0 Å². The number of ether oxygens (including phenoxy) is 1. The van der Waals surface area contributed by atoms with Crippen molar-refractivity contribution >= 4 is 35.3 Å². The molecule has 46 valence electrons. The van der Waals surface area contributed by atoms with Gasteiger partial charge in [0.15, 0.2) is 23.0 Å². The summed E-state index contributed by atoms with van der Waals surface area (Å²) in [7, 11) is 0. The Morgan fingerprint density at radius 1 is 1.50 bits per heavy atom. The molecule has 0 amide bonds. The van der Waals surface area contributed by atoms with Gasteiger partial charge in [-0.2, -0.15) is 0 Å². The fourth-order valence-corrected chi connectivity index (χ4v) is 0.177. The highest BCUT2D eigenvalue weighted by Gasteiger charge is 2.06. The normalized spacial score (nSPS) is 7.62. The first-order valence-electron chi connectivity index (χ1n) is 1.40. The standard InChI is InChI=1S/C2HIO5/c3-8-2(6)7-1(4)5/h(H,4,5). The zero-order chi connectivity index (χ0) is 6.57. The van der Waals surface area contributed by atoms with Gasteiger partial charge in [-0.15, -0.1) is 0 Å². The van der Waals surface area contributed by atoms with E-state index in [9.17, 15) is 9.59 Å². The SMILES string of the molecule is O=C(O)OC(=O)OI. The maximum atomic E-state index is 9.79. The molecule has 6 heteroatoms. The Labute approximate surface area is 58.3 Å². The summed E-state index contributed by atoms with van der Waals surface area (Å²) in [6.07, 6.45) is -2.91. The van der Waals surface area contributed by atoms with Gasteiger partial charge in [-0.25, -0.2) is 9.59 Å². The maximum Gasteiger partial charge on any atom is 0.528 e. The monoisotopic (exact) mass is 232 g/mol. The molecule has 0 atom stereocenters. The summed E-state index contributed by atoms with van der Waals surface area (Å²) in [6, 6.07) is 0. The van der Waals surface area contributed by atoms with Crippen LogP contribution in [-0.2, 0) is 7.80 Å². The number of carbonyl (C=O) groups excluding carboxylic acids is 1. The smallest absolute Gasteiger partial charge is 0.449 e. The zero-order valence-corrected chi connectivity index (χ0v) is 5.62. The zero-order valence-electron chi connectivity index (χ0n) is 3.46. The largest absolute Gasteiger partial charge is 0.528 e. The number of hydrogen-bond acceptors (Lipinski definition) is 4. The lowest BCUT2D eigenvalue weighted by atomic mass is 11.3. The Morgan fingerprint density at radius 2 is 2.00 bits per heavy atom. The molecule has 0 spiro atoms. The molecule has 1 N–H and O–H groups in total. The average Bonchev–Trinajstić information content (AvgIpc) is 1.65. The summed E-state index contributed by atoms with van der Waals surface area (Å²) < 4.78 is 7.24. The predicted octanol–water partition coefficient (Wildman–Crippen LogP) is 1.17. The average molecular weight is 232 g/mol. The Hall–Kier alpha value is -0.530. The van der Waals surface area contributed by atoms with Crippen LogP contribution in [-0.4, -0.2) is 17.4 Å². The van der Waals surface area contributed by atoms with Crippen molar-refractivity contribution in [3.05, 3.63) is 0 Å². The van der Waals surface area contributed by atoms with E-state index in [0.29, 0.717) is 0 Å². The first-order chi connectivity index (χ1) is 3.66. The van der Waals surface area contributed by atoms with E-state index in [4.69, 9.17) is 5.11 Å². The lowest BCUT2D eigenvalue weighted by Crippen LogP contribution is -2.06. The minimum Gasteiger partial charge on any atom is -0.449 e. The van der Waals surface area contributed by atoms with Crippen molar-refractivity contribution in [3.63, 3.8) is 0 Å². The summed E-state index contributed by atoms with van der Waals surface area (Å²) in [5.74, 6) is 0. The second kappa shape index (κ2) is 3.47.